The predicted octanol–water partition coefficient (Wildman–Crippen LogP) is 4.94. The number of hydrogen-bond acceptors (Lipinski definition) is 8. The number of nitrogens with one attached hydrogen (secondary N) is 1. The summed E-state index contributed by atoms with van der Waals surface area (Å²) < 4.78 is 15.0. The van der Waals surface area contributed by atoms with Crippen molar-refractivity contribution in [2.45, 2.75) is 13.1 Å². The van der Waals surface area contributed by atoms with Crippen molar-refractivity contribution in [3.8, 4) is 22.8 Å². The number of halogens is 1. The van der Waals surface area contributed by atoms with Gasteiger partial charge in [0.25, 0.3) is 11.5 Å². The number of nitrogens with zero attached hydrogens (tertiary/aromatic N) is 4. The van der Waals surface area contributed by atoms with E-state index in [0.29, 0.717) is 64.8 Å². The first-order valence-corrected chi connectivity index (χ1v) is 13.4. The van der Waals surface area contributed by atoms with Crippen LogP contribution in [0.25, 0.3) is 11.3 Å². The Morgan fingerprint density at radius 1 is 1.05 bits per heavy atom. The molecular formula is C28H22ClN5O4S. The molecule has 0 fully saturated rings. The van der Waals surface area contributed by atoms with E-state index in [1.165, 1.54) is 16.0 Å². The number of carbonyl (C=O) groups excluding carboxylic acids is 1. The molecule has 0 amide bonds. The van der Waals surface area contributed by atoms with Gasteiger partial charge in [-0.25, -0.2) is 0 Å². The Morgan fingerprint density at radius 3 is 2.72 bits per heavy atom. The molecule has 5 aromatic rings. The molecule has 0 spiro atoms. The van der Waals surface area contributed by atoms with Crippen LogP contribution in [-0.2, 0) is 13.1 Å². The molecule has 39 heavy (non-hydrogen) atoms. The zero-order valence-electron chi connectivity index (χ0n) is 20.5. The molecule has 5 heterocycles. The first kappa shape index (κ1) is 24.9. The first-order chi connectivity index (χ1) is 19.1. The summed E-state index contributed by atoms with van der Waals surface area (Å²) in [7, 11) is 0. The maximum atomic E-state index is 13.8. The van der Waals surface area contributed by atoms with Crippen LogP contribution in [0.5, 0.6) is 11.5 Å². The lowest BCUT2D eigenvalue weighted by Crippen LogP contribution is -2.22. The number of aromatic nitrogens is 4. The predicted molar refractivity (Wildman–Crippen MR) is 149 cm³/mol. The van der Waals surface area contributed by atoms with E-state index in [1.54, 1.807) is 59.6 Å². The second-order valence-electron chi connectivity index (χ2n) is 8.73. The van der Waals surface area contributed by atoms with Gasteiger partial charge in [0.1, 0.15) is 24.7 Å². The molecule has 0 aliphatic carbocycles. The van der Waals surface area contributed by atoms with Crippen LogP contribution >= 0.6 is 22.9 Å². The highest BCUT2D eigenvalue weighted by Crippen LogP contribution is 2.35. The fourth-order valence-corrected chi connectivity index (χ4v) is 5.34. The van der Waals surface area contributed by atoms with Crippen molar-refractivity contribution in [1.29, 1.82) is 0 Å². The average Bonchev–Trinajstić information content (AvgIpc) is 3.59. The number of pyridine rings is 2. The first-order valence-electron chi connectivity index (χ1n) is 12.2. The van der Waals surface area contributed by atoms with Crippen LogP contribution < -0.4 is 20.3 Å². The molecule has 11 heteroatoms. The van der Waals surface area contributed by atoms with Gasteiger partial charge in [-0.15, -0.1) is 11.3 Å². The van der Waals surface area contributed by atoms with Crippen LogP contribution in [0.4, 0.5) is 5.82 Å². The van der Waals surface area contributed by atoms with E-state index < -0.39 is 5.91 Å². The number of rotatable bonds is 7. The number of thiophene rings is 1. The average molecular weight is 560 g/mol. The lowest BCUT2D eigenvalue weighted by atomic mass is 10.1. The van der Waals surface area contributed by atoms with E-state index in [2.05, 4.69) is 15.4 Å². The zero-order valence-corrected chi connectivity index (χ0v) is 22.1. The summed E-state index contributed by atoms with van der Waals surface area (Å²) in [6.07, 6.45) is 5.10. The maximum absolute atomic E-state index is 13.8. The van der Waals surface area contributed by atoms with E-state index in [4.69, 9.17) is 21.1 Å². The Hall–Kier alpha value is -4.41. The van der Waals surface area contributed by atoms with Crippen LogP contribution in [-0.4, -0.2) is 38.5 Å². The van der Waals surface area contributed by atoms with Gasteiger partial charge in [0.15, 0.2) is 11.5 Å². The van der Waals surface area contributed by atoms with Gasteiger partial charge in [-0.2, -0.15) is 9.78 Å². The van der Waals surface area contributed by atoms with Crippen molar-refractivity contribution in [3.63, 3.8) is 0 Å². The van der Waals surface area contributed by atoms with Gasteiger partial charge >= 0.3 is 0 Å². The van der Waals surface area contributed by atoms with E-state index in [-0.39, 0.29) is 5.56 Å². The number of anilines is 1. The van der Waals surface area contributed by atoms with Crippen molar-refractivity contribution in [3.05, 3.63) is 110 Å². The summed E-state index contributed by atoms with van der Waals surface area (Å²) in [6.45, 7) is 1.55. The van der Waals surface area contributed by atoms with Crippen LogP contribution in [0.2, 0.25) is 4.34 Å². The molecule has 0 saturated heterocycles. The quantitative estimate of drug-likeness (QED) is 0.301. The SMILES string of the molecule is O=C(c1cccc2c1OCCO2)n1nc(-c2cccn(Cc3ccncc3)c2=O)cc1NCc1ccc(Cl)s1. The molecule has 4 aromatic heterocycles. The molecule has 0 bridgehead atoms. The van der Waals surface area contributed by atoms with Crippen molar-refractivity contribution >= 4 is 34.7 Å². The van der Waals surface area contributed by atoms with Gasteiger partial charge in [-0.05, 0) is 54.1 Å². The standard InChI is InChI=1S/C28H22ClN5O4S/c29-24-7-6-19(39-24)16-31-25-15-22(20-4-2-12-33(27(20)35)17-18-8-10-30-11-9-18)32-34(25)28(36)21-3-1-5-23-26(21)38-14-13-37-23/h1-12,15,31H,13-14,16-17H2. The molecule has 0 atom stereocenters. The monoisotopic (exact) mass is 559 g/mol. The number of hydrogen-bond donors (Lipinski definition) is 1. The Balaban J connectivity index is 1.39. The van der Waals surface area contributed by atoms with Crippen LogP contribution in [0, 0.1) is 0 Å². The fourth-order valence-electron chi connectivity index (χ4n) is 4.32. The summed E-state index contributed by atoms with van der Waals surface area (Å²) in [4.78, 5) is 32.3. The highest BCUT2D eigenvalue weighted by Gasteiger charge is 2.25. The lowest BCUT2D eigenvalue weighted by Gasteiger charge is -2.20. The Bertz CT molecular complexity index is 1710. The Labute approximate surface area is 232 Å². The van der Waals surface area contributed by atoms with E-state index >= 15 is 0 Å². The fraction of sp³-hybridized carbons (Fsp3) is 0.143. The van der Waals surface area contributed by atoms with Crippen LogP contribution in [0.3, 0.4) is 0 Å². The highest BCUT2D eigenvalue weighted by molar-refractivity contribution is 7.16. The molecule has 0 unspecified atom stereocenters. The number of benzene rings is 1. The molecule has 196 valence electrons. The number of para-hydroxylation sites is 1. The second-order valence-corrected chi connectivity index (χ2v) is 10.5. The molecule has 1 N–H and O–H groups in total. The highest BCUT2D eigenvalue weighted by atomic mass is 35.5. The smallest absolute Gasteiger partial charge is 0.283 e. The van der Waals surface area contributed by atoms with Gasteiger partial charge in [0, 0.05) is 29.5 Å². The third-order valence-corrected chi connectivity index (χ3v) is 7.40. The lowest BCUT2D eigenvalue weighted by molar-refractivity contribution is 0.0936. The van der Waals surface area contributed by atoms with E-state index in [0.717, 1.165) is 10.4 Å². The van der Waals surface area contributed by atoms with Gasteiger partial charge in [0.2, 0.25) is 0 Å². The van der Waals surface area contributed by atoms with Gasteiger partial charge in [-0.3, -0.25) is 14.6 Å². The van der Waals surface area contributed by atoms with Gasteiger partial charge in [0.05, 0.1) is 28.6 Å². The van der Waals surface area contributed by atoms with Crippen molar-refractivity contribution in [2.75, 3.05) is 18.5 Å². The Morgan fingerprint density at radius 2 is 1.90 bits per heavy atom. The normalized spacial score (nSPS) is 12.3. The molecule has 6 rings (SSSR count). The minimum atomic E-state index is -0.414. The number of ether oxygens (including phenoxy) is 2. The topological polar surface area (TPSA) is 100 Å². The summed E-state index contributed by atoms with van der Waals surface area (Å²) in [5.74, 6) is 0.895. The van der Waals surface area contributed by atoms with Crippen molar-refractivity contribution in [2.24, 2.45) is 0 Å². The van der Waals surface area contributed by atoms with E-state index in [9.17, 15) is 9.59 Å². The number of carbonyl (C=O) groups is 1. The van der Waals surface area contributed by atoms with Crippen molar-refractivity contribution < 1.29 is 14.3 Å². The van der Waals surface area contributed by atoms with Gasteiger partial charge in [-0.1, -0.05) is 17.7 Å². The largest absolute Gasteiger partial charge is 0.486 e. The van der Waals surface area contributed by atoms with E-state index in [1.807, 2.05) is 24.3 Å². The summed E-state index contributed by atoms with van der Waals surface area (Å²) >= 11 is 7.54. The molecule has 1 aliphatic rings. The molecule has 0 radical (unpaired) electrons. The molecule has 0 saturated carbocycles. The molecular weight excluding hydrogens is 538 g/mol. The summed E-state index contributed by atoms with van der Waals surface area (Å²) in [5.41, 5.74) is 1.77. The van der Waals surface area contributed by atoms with Gasteiger partial charge < -0.3 is 19.4 Å². The third-order valence-electron chi connectivity index (χ3n) is 6.17. The summed E-state index contributed by atoms with van der Waals surface area (Å²) in [5, 5.41) is 7.88. The molecule has 9 nitrogen and oxygen atoms in total. The number of fused-ring (bicyclic) bond motifs is 1. The Kier molecular flexibility index (Phi) is 6.87. The minimum Gasteiger partial charge on any atom is -0.486 e. The zero-order chi connectivity index (χ0) is 26.8. The van der Waals surface area contributed by atoms with Crippen LogP contribution in [0.1, 0.15) is 20.8 Å². The maximum Gasteiger partial charge on any atom is 0.283 e. The van der Waals surface area contributed by atoms with Crippen LogP contribution in [0.15, 0.2) is 84.0 Å². The minimum absolute atomic E-state index is 0.225. The molecule has 1 aromatic carbocycles. The third kappa shape index (κ3) is 5.16. The second kappa shape index (κ2) is 10.8. The summed E-state index contributed by atoms with van der Waals surface area (Å²) in [6, 6.07) is 17.8. The molecule has 1 aliphatic heterocycles. The van der Waals surface area contributed by atoms with Crippen molar-refractivity contribution in [1.82, 2.24) is 19.3 Å².